The Bertz CT molecular complexity index is 217. The van der Waals surface area contributed by atoms with E-state index < -0.39 is 0 Å². The maximum absolute atomic E-state index is 6.43. The third kappa shape index (κ3) is 7.02. The first-order valence-corrected chi connectivity index (χ1v) is 8.44. The fraction of sp³-hybridized carbons (Fsp3) is 1.00. The summed E-state index contributed by atoms with van der Waals surface area (Å²) in [6.45, 7) is 9.21. The molecule has 0 heterocycles. The lowest BCUT2D eigenvalue weighted by Gasteiger charge is -2.36. The highest BCUT2D eigenvalue weighted by atomic mass is 16.5. The molecule has 2 atom stereocenters. The third-order valence-electron chi connectivity index (χ3n) is 4.20. The maximum atomic E-state index is 6.43. The molecular formula is C16H34N2O2. The lowest BCUT2D eigenvalue weighted by molar-refractivity contribution is 0.0507. The SMILES string of the molecule is CCOCCN(CCOCC)C1CCCCCCC1N. The lowest BCUT2D eigenvalue weighted by Crippen LogP contribution is -2.50. The van der Waals surface area contributed by atoms with E-state index in [1.807, 2.05) is 13.8 Å². The number of ether oxygens (including phenoxy) is 2. The number of hydrogen-bond acceptors (Lipinski definition) is 4. The molecule has 20 heavy (non-hydrogen) atoms. The maximum Gasteiger partial charge on any atom is 0.0593 e. The first kappa shape index (κ1) is 17.9. The van der Waals surface area contributed by atoms with E-state index >= 15 is 0 Å². The molecule has 1 saturated carbocycles. The van der Waals surface area contributed by atoms with E-state index in [1.165, 1.54) is 32.1 Å². The summed E-state index contributed by atoms with van der Waals surface area (Å²) in [5.74, 6) is 0. The first-order chi connectivity index (χ1) is 9.79. The highest BCUT2D eigenvalue weighted by Gasteiger charge is 2.25. The summed E-state index contributed by atoms with van der Waals surface area (Å²) in [6, 6.07) is 0.801. The van der Waals surface area contributed by atoms with E-state index in [2.05, 4.69) is 4.90 Å². The second-order valence-corrected chi connectivity index (χ2v) is 5.65. The normalized spacial score (nSPS) is 24.6. The molecule has 0 aromatic carbocycles. The van der Waals surface area contributed by atoms with Crippen molar-refractivity contribution in [1.82, 2.24) is 4.90 Å². The second kappa shape index (κ2) is 11.5. The van der Waals surface area contributed by atoms with Gasteiger partial charge in [-0.15, -0.1) is 0 Å². The highest BCUT2D eigenvalue weighted by molar-refractivity contribution is 4.84. The van der Waals surface area contributed by atoms with Gasteiger partial charge in [-0.2, -0.15) is 0 Å². The molecule has 0 radical (unpaired) electrons. The van der Waals surface area contributed by atoms with Gasteiger partial charge in [0, 0.05) is 38.4 Å². The third-order valence-corrected chi connectivity index (χ3v) is 4.20. The minimum Gasteiger partial charge on any atom is -0.380 e. The Morgan fingerprint density at radius 3 is 2.00 bits per heavy atom. The van der Waals surface area contributed by atoms with Gasteiger partial charge in [-0.1, -0.05) is 25.7 Å². The summed E-state index contributed by atoms with van der Waals surface area (Å²) >= 11 is 0. The molecule has 0 aliphatic heterocycles. The molecule has 1 rings (SSSR count). The van der Waals surface area contributed by atoms with Crippen molar-refractivity contribution in [3.8, 4) is 0 Å². The van der Waals surface area contributed by atoms with Crippen molar-refractivity contribution in [2.24, 2.45) is 5.73 Å². The average Bonchev–Trinajstić information content (AvgIpc) is 2.43. The number of rotatable bonds is 9. The second-order valence-electron chi connectivity index (χ2n) is 5.65. The zero-order chi connectivity index (χ0) is 14.6. The van der Waals surface area contributed by atoms with Crippen molar-refractivity contribution in [3.63, 3.8) is 0 Å². The van der Waals surface area contributed by atoms with Gasteiger partial charge in [0.2, 0.25) is 0 Å². The van der Waals surface area contributed by atoms with Gasteiger partial charge in [-0.3, -0.25) is 4.90 Å². The minimum absolute atomic E-state index is 0.304. The molecule has 4 nitrogen and oxygen atoms in total. The lowest BCUT2D eigenvalue weighted by atomic mass is 9.91. The van der Waals surface area contributed by atoms with Gasteiger partial charge in [0.15, 0.2) is 0 Å². The summed E-state index contributed by atoms with van der Waals surface area (Å²) in [7, 11) is 0. The molecule has 1 fully saturated rings. The molecule has 0 saturated heterocycles. The van der Waals surface area contributed by atoms with Gasteiger partial charge in [0.1, 0.15) is 0 Å². The Morgan fingerprint density at radius 1 is 0.900 bits per heavy atom. The van der Waals surface area contributed by atoms with E-state index in [-0.39, 0.29) is 0 Å². The monoisotopic (exact) mass is 286 g/mol. The summed E-state index contributed by atoms with van der Waals surface area (Å²) in [5, 5.41) is 0. The smallest absolute Gasteiger partial charge is 0.0593 e. The molecule has 2 N–H and O–H groups in total. The molecule has 0 aromatic rings. The van der Waals surface area contributed by atoms with E-state index in [9.17, 15) is 0 Å². The van der Waals surface area contributed by atoms with E-state index in [0.29, 0.717) is 12.1 Å². The molecule has 0 amide bonds. The largest absolute Gasteiger partial charge is 0.380 e. The molecule has 0 spiro atoms. The van der Waals surface area contributed by atoms with Crippen molar-refractivity contribution in [3.05, 3.63) is 0 Å². The first-order valence-electron chi connectivity index (χ1n) is 8.44. The van der Waals surface area contributed by atoms with E-state index in [1.54, 1.807) is 0 Å². The molecule has 0 aromatic heterocycles. The van der Waals surface area contributed by atoms with Crippen molar-refractivity contribution in [2.45, 2.75) is 64.5 Å². The fourth-order valence-electron chi connectivity index (χ4n) is 3.04. The Balaban J connectivity index is 2.51. The summed E-state index contributed by atoms with van der Waals surface area (Å²) in [6.07, 6.45) is 7.66. The van der Waals surface area contributed by atoms with Crippen LogP contribution in [-0.4, -0.2) is 56.5 Å². The van der Waals surface area contributed by atoms with Crippen molar-refractivity contribution in [2.75, 3.05) is 39.5 Å². The molecular weight excluding hydrogens is 252 g/mol. The minimum atomic E-state index is 0.304. The summed E-state index contributed by atoms with van der Waals surface area (Å²) in [4.78, 5) is 2.50. The van der Waals surface area contributed by atoms with Gasteiger partial charge in [-0.25, -0.2) is 0 Å². The van der Waals surface area contributed by atoms with Gasteiger partial charge < -0.3 is 15.2 Å². The van der Waals surface area contributed by atoms with E-state index in [4.69, 9.17) is 15.2 Å². The van der Waals surface area contributed by atoms with Gasteiger partial charge in [0.25, 0.3) is 0 Å². The number of nitrogens with two attached hydrogens (primary N) is 1. The fourth-order valence-corrected chi connectivity index (χ4v) is 3.04. The topological polar surface area (TPSA) is 47.7 Å². The predicted molar refractivity (Wildman–Crippen MR) is 84.0 cm³/mol. The zero-order valence-corrected chi connectivity index (χ0v) is 13.5. The summed E-state index contributed by atoms with van der Waals surface area (Å²) < 4.78 is 11.1. The predicted octanol–water partition coefficient (Wildman–Crippen LogP) is 2.41. The van der Waals surface area contributed by atoms with Crippen LogP contribution in [0.25, 0.3) is 0 Å². The van der Waals surface area contributed by atoms with Gasteiger partial charge in [0.05, 0.1) is 13.2 Å². The number of nitrogens with zero attached hydrogens (tertiary/aromatic N) is 1. The molecule has 1 aliphatic carbocycles. The molecule has 1 aliphatic rings. The van der Waals surface area contributed by atoms with Crippen molar-refractivity contribution < 1.29 is 9.47 Å². The summed E-state index contributed by atoms with van der Waals surface area (Å²) in [5.41, 5.74) is 6.43. The zero-order valence-electron chi connectivity index (χ0n) is 13.5. The van der Waals surface area contributed by atoms with Crippen molar-refractivity contribution >= 4 is 0 Å². The Kier molecular flexibility index (Phi) is 10.3. The molecule has 120 valence electrons. The Morgan fingerprint density at radius 2 is 1.45 bits per heavy atom. The molecule has 4 heteroatoms. The Hall–Kier alpha value is -0.160. The van der Waals surface area contributed by atoms with Crippen LogP contribution in [0.1, 0.15) is 52.4 Å². The van der Waals surface area contributed by atoms with Crippen LogP contribution in [0.2, 0.25) is 0 Å². The highest BCUT2D eigenvalue weighted by Crippen LogP contribution is 2.20. The van der Waals surface area contributed by atoms with Crippen molar-refractivity contribution in [1.29, 1.82) is 0 Å². The number of hydrogen-bond donors (Lipinski definition) is 1. The van der Waals surface area contributed by atoms with Crippen LogP contribution in [0.5, 0.6) is 0 Å². The van der Waals surface area contributed by atoms with Crippen LogP contribution < -0.4 is 5.73 Å². The van der Waals surface area contributed by atoms with Gasteiger partial charge >= 0.3 is 0 Å². The quantitative estimate of drug-likeness (QED) is 0.661. The van der Waals surface area contributed by atoms with Crippen LogP contribution in [0.4, 0.5) is 0 Å². The van der Waals surface area contributed by atoms with Crippen LogP contribution in [0, 0.1) is 0 Å². The Labute approximate surface area is 125 Å². The van der Waals surface area contributed by atoms with E-state index in [0.717, 1.165) is 45.9 Å². The van der Waals surface area contributed by atoms with Crippen LogP contribution in [0.15, 0.2) is 0 Å². The molecule has 0 bridgehead atoms. The van der Waals surface area contributed by atoms with Crippen LogP contribution >= 0.6 is 0 Å². The van der Waals surface area contributed by atoms with Crippen LogP contribution in [0.3, 0.4) is 0 Å². The van der Waals surface area contributed by atoms with Gasteiger partial charge in [-0.05, 0) is 26.7 Å². The average molecular weight is 286 g/mol. The standard InChI is InChI=1S/C16H34N2O2/c1-3-19-13-11-18(12-14-20-4-2)16-10-8-6-5-7-9-15(16)17/h15-16H,3-14,17H2,1-2H3. The molecule has 2 unspecified atom stereocenters. The van der Waals surface area contributed by atoms with Crippen LogP contribution in [-0.2, 0) is 9.47 Å².